The van der Waals surface area contributed by atoms with E-state index in [2.05, 4.69) is 0 Å². The van der Waals surface area contributed by atoms with Crippen LogP contribution in [0.25, 0.3) is 0 Å². The van der Waals surface area contributed by atoms with Crippen molar-refractivity contribution in [2.24, 2.45) is 11.8 Å². The molecule has 0 rings (SSSR count). The van der Waals surface area contributed by atoms with Crippen LogP contribution < -0.4 is 0 Å². The number of allylic oxidation sites excluding steroid dienone is 1. The molecule has 0 aliphatic carbocycles. The molecule has 0 aromatic heterocycles. The van der Waals surface area contributed by atoms with Crippen LogP contribution in [0.3, 0.4) is 0 Å². The van der Waals surface area contributed by atoms with Crippen LogP contribution in [0.5, 0.6) is 0 Å². The fourth-order valence-electron chi connectivity index (χ4n) is 1.26. The van der Waals surface area contributed by atoms with Crippen LogP contribution in [0.1, 0.15) is 27.2 Å². The largest absolute Gasteiger partial charge is 0.481 e. The lowest BCUT2D eigenvalue weighted by Gasteiger charge is -2.11. The summed E-state index contributed by atoms with van der Waals surface area (Å²) in [6, 6.07) is 0. The smallest absolute Gasteiger partial charge is 0.311 e. The lowest BCUT2D eigenvalue weighted by Crippen LogP contribution is -2.19. The van der Waals surface area contributed by atoms with Crippen LogP contribution in [-0.2, 0) is 9.59 Å². The molecule has 14 heavy (non-hydrogen) atoms. The van der Waals surface area contributed by atoms with Gasteiger partial charge >= 0.3 is 11.9 Å². The number of carboxylic acid groups (broad SMARTS) is 2. The van der Waals surface area contributed by atoms with E-state index in [1.54, 1.807) is 13.0 Å². The van der Waals surface area contributed by atoms with Crippen molar-refractivity contribution in [2.75, 3.05) is 0 Å². The maximum atomic E-state index is 10.8. The predicted molar refractivity (Wildman–Crippen MR) is 52.0 cm³/mol. The van der Waals surface area contributed by atoms with Gasteiger partial charge in [0.25, 0.3) is 0 Å². The fourth-order valence-corrected chi connectivity index (χ4v) is 1.26. The van der Waals surface area contributed by atoms with Gasteiger partial charge in [0.15, 0.2) is 0 Å². The Morgan fingerprint density at radius 1 is 1.29 bits per heavy atom. The molecule has 1 unspecified atom stereocenters. The summed E-state index contributed by atoms with van der Waals surface area (Å²) in [6.45, 7) is 5.49. The first-order chi connectivity index (χ1) is 6.34. The number of aliphatic carboxylic acids is 2. The molecule has 0 radical (unpaired) electrons. The molecule has 0 aromatic carbocycles. The van der Waals surface area contributed by atoms with Crippen LogP contribution in [0.2, 0.25) is 0 Å². The van der Waals surface area contributed by atoms with Gasteiger partial charge in [-0.15, -0.1) is 0 Å². The Hall–Kier alpha value is -1.32. The van der Waals surface area contributed by atoms with E-state index in [-0.39, 0.29) is 12.3 Å². The molecule has 0 aromatic rings. The molecule has 4 heteroatoms. The van der Waals surface area contributed by atoms with Gasteiger partial charge in [0.05, 0.1) is 12.3 Å². The van der Waals surface area contributed by atoms with Gasteiger partial charge < -0.3 is 10.2 Å². The van der Waals surface area contributed by atoms with E-state index in [0.717, 1.165) is 0 Å². The van der Waals surface area contributed by atoms with Gasteiger partial charge in [-0.2, -0.15) is 0 Å². The molecule has 0 amide bonds. The maximum absolute atomic E-state index is 10.8. The highest BCUT2D eigenvalue weighted by Gasteiger charge is 2.22. The van der Waals surface area contributed by atoms with Crippen molar-refractivity contribution in [1.29, 1.82) is 0 Å². The molecule has 0 fully saturated rings. The Labute approximate surface area is 83.2 Å². The zero-order valence-electron chi connectivity index (χ0n) is 8.65. The quantitative estimate of drug-likeness (QED) is 0.663. The molecular formula is C10H16O4. The second-order valence-corrected chi connectivity index (χ2v) is 3.64. The van der Waals surface area contributed by atoms with Crippen molar-refractivity contribution >= 4 is 11.9 Å². The number of rotatable bonds is 5. The minimum Gasteiger partial charge on any atom is -0.481 e. The van der Waals surface area contributed by atoms with E-state index in [4.69, 9.17) is 10.2 Å². The summed E-state index contributed by atoms with van der Waals surface area (Å²) in [7, 11) is 0. The fraction of sp³-hybridized carbons (Fsp3) is 0.600. The predicted octanol–water partition coefficient (Wildman–Crippen LogP) is 1.76. The monoisotopic (exact) mass is 200 g/mol. The third-order valence-electron chi connectivity index (χ3n) is 1.82. The summed E-state index contributed by atoms with van der Waals surface area (Å²) >= 11 is 0. The first-order valence-electron chi connectivity index (χ1n) is 4.47. The van der Waals surface area contributed by atoms with E-state index in [1.807, 2.05) is 13.8 Å². The van der Waals surface area contributed by atoms with Crippen molar-refractivity contribution in [3.05, 3.63) is 11.6 Å². The number of hydrogen-bond acceptors (Lipinski definition) is 2. The number of hydrogen-bond donors (Lipinski definition) is 2. The molecule has 0 bridgehead atoms. The van der Waals surface area contributed by atoms with E-state index in [1.165, 1.54) is 0 Å². The summed E-state index contributed by atoms with van der Waals surface area (Å²) in [5.74, 6) is -2.85. The second kappa shape index (κ2) is 5.42. The molecule has 0 aliphatic heterocycles. The zero-order valence-corrected chi connectivity index (χ0v) is 8.65. The first kappa shape index (κ1) is 12.7. The number of carbonyl (C=O) groups is 2. The highest BCUT2D eigenvalue weighted by Crippen LogP contribution is 2.17. The summed E-state index contributed by atoms with van der Waals surface area (Å²) in [5.41, 5.74) is 0.606. The van der Waals surface area contributed by atoms with Crippen LogP contribution in [0.15, 0.2) is 11.6 Å². The third kappa shape index (κ3) is 4.64. The highest BCUT2D eigenvalue weighted by atomic mass is 16.4. The summed E-state index contributed by atoms with van der Waals surface area (Å²) < 4.78 is 0. The average Bonchev–Trinajstić information content (AvgIpc) is 1.97. The molecule has 2 N–H and O–H groups in total. The van der Waals surface area contributed by atoms with Crippen LogP contribution in [0, 0.1) is 11.8 Å². The SMILES string of the molecule is C/C(=C\C(C)C)C(CC(=O)O)C(=O)O. The van der Waals surface area contributed by atoms with E-state index >= 15 is 0 Å². The summed E-state index contributed by atoms with van der Waals surface area (Å²) in [6.07, 6.45) is 1.42. The zero-order chi connectivity index (χ0) is 11.3. The van der Waals surface area contributed by atoms with Crippen LogP contribution in [0.4, 0.5) is 0 Å². The number of carboxylic acids is 2. The van der Waals surface area contributed by atoms with Gasteiger partial charge in [-0.25, -0.2) is 0 Å². The van der Waals surface area contributed by atoms with Crippen molar-refractivity contribution in [1.82, 2.24) is 0 Å². The normalized spacial score (nSPS) is 14.1. The van der Waals surface area contributed by atoms with Crippen LogP contribution >= 0.6 is 0 Å². The minimum absolute atomic E-state index is 0.227. The molecule has 0 heterocycles. The second-order valence-electron chi connectivity index (χ2n) is 3.64. The molecule has 4 nitrogen and oxygen atoms in total. The average molecular weight is 200 g/mol. The molecule has 0 aliphatic rings. The highest BCUT2D eigenvalue weighted by molar-refractivity contribution is 5.80. The van der Waals surface area contributed by atoms with E-state index < -0.39 is 17.9 Å². The van der Waals surface area contributed by atoms with E-state index in [0.29, 0.717) is 5.57 Å². The van der Waals surface area contributed by atoms with Crippen molar-refractivity contribution in [3.63, 3.8) is 0 Å². The van der Waals surface area contributed by atoms with Gasteiger partial charge in [-0.05, 0) is 12.8 Å². The molecule has 0 spiro atoms. The lowest BCUT2D eigenvalue weighted by atomic mass is 9.94. The Kier molecular flexibility index (Phi) is 4.91. The minimum atomic E-state index is -1.09. The van der Waals surface area contributed by atoms with E-state index in [9.17, 15) is 9.59 Å². The van der Waals surface area contributed by atoms with Crippen molar-refractivity contribution in [2.45, 2.75) is 27.2 Å². The van der Waals surface area contributed by atoms with Gasteiger partial charge in [-0.1, -0.05) is 25.5 Å². The Bertz CT molecular complexity index is 253. The summed E-state index contributed by atoms with van der Waals surface area (Å²) in [4.78, 5) is 21.2. The molecule has 1 atom stereocenters. The molecule has 80 valence electrons. The Morgan fingerprint density at radius 2 is 1.79 bits per heavy atom. The van der Waals surface area contributed by atoms with Crippen LogP contribution in [-0.4, -0.2) is 22.2 Å². The van der Waals surface area contributed by atoms with Gasteiger partial charge in [0.1, 0.15) is 0 Å². The first-order valence-corrected chi connectivity index (χ1v) is 4.47. The summed E-state index contributed by atoms with van der Waals surface area (Å²) in [5, 5.41) is 17.3. The Morgan fingerprint density at radius 3 is 2.07 bits per heavy atom. The molecule has 0 saturated heterocycles. The maximum Gasteiger partial charge on any atom is 0.311 e. The molecular weight excluding hydrogens is 184 g/mol. The lowest BCUT2D eigenvalue weighted by molar-refractivity contribution is -0.146. The van der Waals surface area contributed by atoms with Gasteiger partial charge in [0, 0.05) is 0 Å². The third-order valence-corrected chi connectivity index (χ3v) is 1.82. The topological polar surface area (TPSA) is 74.6 Å². The van der Waals surface area contributed by atoms with Crippen molar-refractivity contribution in [3.8, 4) is 0 Å². The Balaban J connectivity index is 4.65. The van der Waals surface area contributed by atoms with Gasteiger partial charge in [-0.3, -0.25) is 9.59 Å². The van der Waals surface area contributed by atoms with Crippen molar-refractivity contribution < 1.29 is 19.8 Å². The molecule has 0 saturated carbocycles. The standard InChI is InChI=1S/C10H16O4/c1-6(2)4-7(3)8(10(13)14)5-9(11)12/h4,6,8H,5H2,1-3H3,(H,11,12)(H,13,14)/b7-4+. The van der Waals surface area contributed by atoms with Gasteiger partial charge in [0.2, 0.25) is 0 Å².